The number of nitrogens with one attached hydrogen (secondary N) is 1. The molecule has 0 spiro atoms. The van der Waals surface area contributed by atoms with Crippen molar-refractivity contribution in [1.29, 1.82) is 0 Å². The van der Waals surface area contributed by atoms with Gasteiger partial charge in [-0.15, -0.1) is 0 Å². The largest absolute Gasteiger partial charge is 0.488 e. The second-order valence-electron chi connectivity index (χ2n) is 10.9. The summed E-state index contributed by atoms with van der Waals surface area (Å²) in [5.41, 5.74) is 1.62. The summed E-state index contributed by atoms with van der Waals surface area (Å²) in [6, 6.07) is 8.64. The van der Waals surface area contributed by atoms with Crippen molar-refractivity contribution in [3.05, 3.63) is 42.2 Å². The quantitative estimate of drug-likeness (QED) is 0.323. The van der Waals surface area contributed by atoms with Gasteiger partial charge in [-0.05, 0) is 24.3 Å². The number of aromatic amines is 1. The molecule has 2 aromatic heterocycles. The van der Waals surface area contributed by atoms with Crippen molar-refractivity contribution in [3.8, 4) is 17.2 Å². The van der Waals surface area contributed by atoms with Crippen LogP contribution in [0.2, 0.25) is 0 Å². The first kappa shape index (κ1) is 30.2. The number of ether oxygens (including phenoxy) is 3. The second-order valence-corrected chi connectivity index (χ2v) is 16.6. The van der Waals surface area contributed by atoms with E-state index in [0.717, 1.165) is 40.7 Å². The Hall–Kier alpha value is -2.82. The molecule has 43 heavy (non-hydrogen) atoms. The summed E-state index contributed by atoms with van der Waals surface area (Å²) < 4.78 is 61.2. The molecule has 0 aliphatic carbocycles. The number of carbonyl (C=O) groups excluding carboxylic acids is 1. The number of aliphatic imine (C=N–C) groups is 1. The number of benzene rings is 1. The lowest BCUT2D eigenvalue weighted by Gasteiger charge is -2.41. The number of pyridine rings is 1. The predicted molar refractivity (Wildman–Crippen MR) is 167 cm³/mol. The second kappa shape index (κ2) is 12.3. The molecule has 3 aliphatic heterocycles. The van der Waals surface area contributed by atoms with Crippen molar-refractivity contribution in [2.24, 2.45) is 4.99 Å². The van der Waals surface area contributed by atoms with Gasteiger partial charge in [0.2, 0.25) is 5.91 Å². The van der Waals surface area contributed by atoms with Crippen molar-refractivity contribution < 1.29 is 36.5 Å². The van der Waals surface area contributed by atoms with E-state index < -0.39 is 20.4 Å². The smallest absolute Gasteiger partial charge is 0.223 e. The van der Waals surface area contributed by atoms with Crippen LogP contribution >= 0.6 is 22.4 Å². The molecule has 15 heteroatoms. The Morgan fingerprint density at radius 1 is 1.16 bits per heavy atom. The van der Waals surface area contributed by atoms with Crippen LogP contribution < -0.4 is 9.47 Å². The van der Waals surface area contributed by atoms with Gasteiger partial charge in [-0.25, -0.2) is 13.4 Å². The van der Waals surface area contributed by atoms with Gasteiger partial charge >= 0.3 is 0 Å². The van der Waals surface area contributed by atoms with Crippen LogP contribution in [-0.4, -0.2) is 105 Å². The number of amides is 1. The maximum absolute atomic E-state index is 12.9. The molecular formula is C28H34N4O8S3. The number of H-pyrrole nitrogens is 1. The average molecular weight is 651 g/mol. The summed E-state index contributed by atoms with van der Waals surface area (Å²) in [7, 11) is -5.98. The molecule has 1 aromatic carbocycles. The molecule has 1 amide bonds. The molecule has 232 valence electrons. The lowest BCUT2D eigenvalue weighted by molar-refractivity contribution is -0.130. The molecule has 3 aromatic rings. The Balaban J connectivity index is 1.20. The minimum atomic E-state index is -3.42. The number of hydrogen-bond acceptors (Lipinski definition) is 11. The summed E-state index contributed by atoms with van der Waals surface area (Å²) in [6.45, 7) is 2.51. The van der Waals surface area contributed by atoms with Gasteiger partial charge in [0.15, 0.2) is 14.9 Å². The van der Waals surface area contributed by atoms with Crippen molar-refractivity contribution >= 4 is 54.0 Å². The fourth-order valence-corrected chi connectivity index (χ4v) is 8.05. The van der Waals surface area contributed by atoms with Crippen molar-refractivity contribution in [2.45, 2.75) is 35.6 Å². The maximum atomic E-state index is 12.9. The Morgan fingerprint density at radius 3 is 2.63 bits per heavy atom. The molecule has 2 saturated heterocycles. The highest BCUT2D eigenvalue weighted by molar-refractivity contribution is 8.24. The van der Waals surface area contributed by atoms with Gasteiger partial charge in [0, 0.05) is 55.3 Å². The number of sulfone groups is 1. The van der Waals surface area contributed by atoms with Crippen molar-refractivity contribution in [3.63, 3.8) is 0 Å². The Bertz CT molecular complexity index is 1630. The van der Waals surface area contributed by atoms with Gasteiger partial charge in [-0.1, -0.05) is 11.8 Å². The normalized spacial score (nSPS) is 21.9. The summed E-state index contributed by atoms with van der Waals surface area (Å²) in [5.74, 6) is 2.00. The molecule has 0 radical (unpaired) electrons. The fourth-order valence-electron chi connectivity index (χ4n) is 5.18. The minimum Gasteiger partial charge on any atom is -0.488 e. The summed E-state index contributed by atoms with van der Waals surface area (Å²) in [5, 5.41) is 1.63. The summed E-state index contributed by atoms with van der Waals surface area (Å²) >= 11 is 1.55. The van der Waals surface area contributed by atoms with E-state index in [1.807, 2.05) is 12.1 Å². The molecule has 0 bridgehead atoms. The van der Waals surface area contributed by atoms with Crippen molar-refractivity contribution in [2.75, 3.05) is 50.6 Å². The first-order valence-electron chi connectivity index (χ1n) is 14.0. The highest BCUT2D eigenvalue weighted by Gasteiger charge is 2.30. The molecule has 3 N–H and O–H groups in total. The van der Waals surface area contributed by atoms with E-state index in [9.17, 15) is 22.3 Å². The molecule has 2 fully saturated rings. The Kier molecular flexibility index (Phi) is 8.63. The van der Waals surface area contributed by atoms with E-state index in [-0.39, 0.29) is 33.8 Å². The number of fused-ring (bicyclic) bond motifs is 1. The van der Waals surface area contributed by atoms with Gasteiger partial charge in [-0.3, -0.25) is 18.9 Å². The molecule has 1 atom stereocenters. The molecule has 0 saturated carbocycles. The van der Waals surface area contributed by atoms with Gasteiger partial charge in [-0.2, -0.15) is 10.6 Å². The zero-order chi connectivity index (χ0) is 30.2. The van der Waals surface area contributed by atoms with Crippen LogP contribution in [0.25, 0.3) is 10.9 Å². The maximum Gasteiger partial charge on any atom is 0.223 e. The van der Waals surface area contributed by atoms with Crippen LogP contribution in [0, 0.1) is 0 Å². The summed E-state index contributed by atoms with van der Waals surface area (Å²) in [4.78, 5) is 26.8. The topological polar surface area (TPSA) is 164 Å². The van der Waals surface area contributed by atoms with E-state index in [1.54, 1.807) is 28.8 Å². The minimum absolute atomic E-state index is 0.00421. The van der Waals surface area contributed by atoms with Gasteiger partial charge in [0.1, 0.15) is 28.4 Å². The van der Waals surface area contributed by atoms with Crippen LogP contribution in [-0.2, 0) is 19.4 Å². The van der Waals surface area contributed by atoms with Gasteiger partial charge in [0.25, 0.3) is 0 Å². The van der Waals surface area contributed by atoms with Crippen LogP contribution in [0.4, 0.5) is 0 Å². The highest BCUT2D eigenvalue weighted by Crippen LogP contribution is 2.41. The molecule has 1 unspecified atom stereocenters. The predicted octanol–water partition coefficient (Wildman–Crippen LogP) is 4.16. The SMILES string of the molecule is CS(=O)(=O)c1ccc(Oc2cc(OC3CCOCC3)c3[nH]c(C4=NCC(CC(=O)N5CCS(O)(O)CC5)S4)cc3c2)cn1. The van der Waals surface area contributed by atoms with Crippen LogP contribution in [0.15, 0.2) is 46.5 Å². The first-order valence-corrected chi connectivity index (χ1v) is 18.7. The third-order valence-corrected chi connectivity index (χ3v) is 11.4. The molecule has 12 nitrogen and oxygen atoms in total. The lowest BCUT2D eigenvalue weighted by Crippen LogP contribution is -2.43. The third kappa shape index (κ3) is 7.29. The molecular weight excluding hydrogens is 617 g/mol. The standard InChI is InChI=1S/C28H34N4O8S3/c1-42(34,35)25-3-2-20(16-29-25)39-21-12-18-13-23(31-27(18)24(14-21)40-19-4-8-38-9-5-19)28-30-17-22(41-28)15-26(33)32-6-10-43(36,37)11-7-32/h2-3,12-14,16,19,22,31,36-37H,4-11,15,17H2,1H3. The lowest BCUT2D eigenvalue weighted by atomic mass is 10.1. The number of carbonyl (C=O) groups is 1. The zero-order valence-corrected chi connectivity index (χ0v) is 26.0. The highest BCUT2D eigenvalue weighted by atomic mass is 32.3. The molecule has 3 aliphatic rings. The Labute approximate surface area is 255 Å². The third-order valence-electron chi connectivity index (χ3n) is 7.53. The van der Waals surface area contributed by atoms with E-state index in [0.29, 0.717) is 56.5 Å². The van der Waals surface area contributed by atoms with E-state index >= 15 is 0 Å². The first-order chi connectivity index (χ1) is 20.5. The van der Waals surface area contributed by atoms with Gasteiger partial charge < -0.3 is 24.1 Å². The Morgan fingerprint density at radius 2 is 1.93 bits per heavy atom. The van der Waals surface area contributed by atoms with Gasteiger partial charge in [0.05, 0.1) is 48.7 Å². The zero-order valence-electron chi connectivity index (χ0n) is 23.6. The average Bonchev–Trinajstić information content (AvgIpc) is 3.61. The number of nitrogens with zero attached hydrogens (tertiary/aromatic N) is 3. The van der Waals surface area contributed by atoms with Crippen LogP contribution in [0.5, 0.6) is 17.2 Å². The van der Waals surface area contributed by atoms with E-state index in [1.165, 1.54) is 12.3 Å². The number of aromatic nitrogens is 2. The number of thioether (sulfide) groups is 1. The van der Waals surface area contributed by atoms with E-state index in [2.05, 4.69) is 9.97 Å². The number of hydrogen-bond donors (Lipinski definition) is 3. The van der Waals surface area contributed by atoms with Crippen LogP contribution in [0.1, 0.15) is 25.0 Å². The van der Waals surface area contributed by atoms with Crippen molar-refractivity contribution in [1.82, 2.24) is 14.9 Å². The monoisotopic (exact) mass is 650 g/mol. The van der Waals surface area contributed by atoms with E-state index in [4.69, 9.17) is 19.2 Å². The molecule has 5 heterocycles. The number of rotatable bonds is 8. The fraction of sp³-hybridized carbons (Fsp3) is 0.464. The molecule has 6 rings (SSSR count). The van der Waals surface area contributed by atoms with Crippen LogP contribution in [0.3, 0.4) is 0 Å². The summed E-state index contributed by atoms with van der Waals surface area (Å²) in [6.07, 6.45) is 4.34.